The van der Waals surface area contributed by atoms with Gasteiger partial charge in [0.2, 0.25) is 5.56 Å². The number of amides is 1. The van der Waals surface area contributed by atoms with E-state index in [-0.39, 0.29) is 11.5 Å². The van der Waals surface area contributed by atoms with Crippen LogP contribution in [0.15, 0.2) is 65.8 Å². The first-order valence-corrected chi connectivity index (χ1v) is 6.71. The van der Waals surface area contributed by atoms with Gasteiger partial charge in [-0.1, -0.05) is 6.07 Å². The standard InChI is InChI=1S/C16H14N4O2/c1-19-11-12(6-7-15(19)21)16(22)18-13-4-2-5-14(10-13)20-9-3-8-17-20/h2-11H,1H3,(H,18,22). The van der Waals surface area contributed by atoms with Crippen LogP contribution in [-0.2, 0) is 7.05 Å². The predicted octanol–water partition coefficient (Wildman–Crippen LogP) is 1.82. The van der Waals surface area contributed by atoms with Gasteiger partial charge in [-0.05, 0) is 30.3 Å². The van der Waals surface area contributed by atoms with Gasteiger partial charge in [-0.3, -0.25) is 9.59 Å². The number of pyridine rings is 1. The van der Waals surface area contributed by atoms with Crippen LogP contribution in [0, 0.1) is 0 Å². The van der Waals surface area contributed by atoms with Crippen molar-refractivity contribution in [1.82, 2.24) is 14.3 Å². The Bertz CT molecular complexity index is 866. The third kappa shape index (κ3) is 2.80. The van der Waals surface area contributed by atoms with Gasteiger partial charge in [0, 0.05) is 37.4 Å². The van der Waals surface area contributed by atoms with E-state index in [1.165, 1.54) is 22.9 Å². The quantitative estimate of drug-likeness (QED) is 0.801. The number of benzene rings is 1. The second-order valence-electron chi connectivity index (χ2n) is 4.82. The molecule has 1 aromatic carbocycles. The minimum atomic E-state index is -0.270. The zero-order chi connectivity index (χ0) is 15.5. The van der Waals surface area contributed by atoms with Crippen molar-refractivity contribution in [2.45, 2.75) is 0 Å². The van der Waals surface area contributed by atoms with Gasteiger partial charge in [-0.2, -0.15) is 5.10 Å². The van der Waals surface area contributed by atoms with Crippen LogP contribution in [0.3, 0.4) is 0 Å². The SMILES string of the molecule is Cn1cc(C(=O)Nc2cccc(-n3cccn3)c2)ccc1=O. The molecule has 0 fully saturated rings. The Labute approximate surface area is 126 Å². The average molecular weight is 294 g/mol. The summed E-state index contributed by atoms with van der Waals surface area (Å²) in [5.74, 6) is -0.270. The molecule has 0 radical (unpaired) electrons. The van der Waals surface area contributed by atoms with E-state index in [0.29, 0.717) is 11.3 Å². The third-order valence-electron chi connectivity index (χ3n) is 3.22. The highest BCUT2D eigenvalue weighted by Gasteiger charge is 2.08. The van der Waals surface area contributed by atoms with E-state index in [2.05, 4.69) is 10.4 Å². The second kappa shape index (κ2) is 5.69. The molecule has 0 spiro atoms. The minimum absolute atomic E-state index is 0.155. The molecule has 0 saturated carbocycles. The van der Waals surface area contributed by atoms with Gasteiger partial charge in [-0.15, -0.1) is 0 Å². The number of aromatic nitrogens is 3. The molecule has 3 aromatic rings. The van der Waals surface area contributed by atoms with Gasteiger partial charge in [0.05, 0.1) is 11.3 Å². The Hall–Kier alpha value is -3.15. The molecular weight excluding hydrogens is 280 g/mol. The second-order valence-corrected chi connectivity index (χ2v) is 4.82. The summed E-state index contributed by atoms with van der Waals surface area (Å²) < 4.78 is 3.08. The lowest BCUT2D eigenvalue weighted by Gasteiger charge is -2.08. The molecule has 0 bridgehead atoms. The number of carbonyl (C=O) groups excluding carboxylic acids is 1. The summed E-state index contributed by atoms with van der Waals surface area (Å²) in [7, 11) is 1.61. The minimum Gasteiger partial charge on any atom is -0.322 e. The molecule has 6 heteroatoms. The zero-order valence-electron chi connectivity index (χ0n) is 11.9. The molecule has 0 aliphatic heterocycles. The van der Waals surface area contributed by atoms with Crippen molar-refractivity contribution >= 4 is 11.6 Å². The van der Waals surface area contributed by atoms with Crippen LogP contribution < -0.4 is 10.9 Å². The number of rotatable bonds is 3. The van der Waals surface area contributed by atoms with E-state index in [1.807, 2.05) is 30.5 Å². The van der Waals surface area contributed by atoms with Crippen molar-refractivity contribution in [1.29, 1.82) is 0 Å². The van der Waals surface area contributed by atoms with Crippen LogP contribution >= 0.6 is 0 Å². The lowest BCUT2D eigenvalue weighted by molar-refractivity contribution is 0.102. The van der Waals surface area contributed by atoms with Crippen LogP contribution in [0.25, 0.3) is 5.69 Å². The van der Waals surface area contributed by atoms with E-state index in [4.69, 9.17) is 0 Å². The van der Waals surface area contributed by atoms with Crippen LogP contribution in [0.5, 0.6) is 0 Å². The topological polar surface area (TPSA) is 68.9 Å². The zero-order valence-corrected chi connectivity index (χ0v) is 11.9. The number of hydrogen-bond donors (Lipinski definition) is 1. The fourth-order valence-electron chi connectivity index (χ4n) is 2.08. The Balaban J connectivity index is 1.83. The molecule has 2 heterocycles. The lowest BCUT2D eigenvalue weighted by Crippen LogP contribution is -2.19. The molecule has 0 unspecified atom stereocenters. The monoisotopic (exact) mass is 294 g/mol. The maximum atomic E-state index is 12.2. The van der Waals surface area contributed by atoms with Crippen molar-refractivity contribution in [3.05, 3.63) is 77.0 Å². The molecule has 0 aliphatic carbocycles. The van der Waals surface area contributed by atoms with Gasteiger partial charge in [-0.25, -0.2) is 4.68 Å². The van der Waals surface area contributed by atoms with Crippen molar-refractivity contribution < 1.29 is 4.79 Å². The van der Waals surface area contributed by atoms with Crippen molar-refractivity contribution in [3.8, 4) is 5.69 Å². The fraction of sp³-hybridized carbons (Fsp3) is 0.0625. The highest BCUT2D eigenvalue weighted by atomic mass is 16.2. The summed E-state index contributed by atoms with van der Waals surface area (Å²) in [4.78, 5) is 23.6. The van der Waals surface area contributed by atoms with Crippen LogP contribution in [-0.4, -0.2) is 20.3 Å². The molecule has 0 atom stereocenters. The Morgan fingerprint density at radius 1 is 1.18 bits per heavy atom. The molecule has 6 nitrogen and oxygen atoms in total. The number of nitrogens with zero attached hydrogens (tertiary/aromatic N) is 3. The van der Waals surface area contributed by atoms with Gasteiger partial charge >= 0.3 is 0 Å². The smallest absolute Gasteiger partial charge is 0.257 e. The molecular formula is C16H14N4O2. The van der Waals surface area contributed by atoms with E-state index >= 15 is 0 Å². The normalized spacial score (nSPS) is 10.4. The third-order valence-corrected chi connectivity index (χ3v) is 3.22. The average Bonchev–Trinajstić information content (AvgIpc) is 3.04. The molecule has 1 amide bonds. The van der Waals surface area contributed by atoms with E-state index in [9.17, 15) is 9.59 Å². The largest absolute Gasteiger partial charge is 0.322 e. The first-order chi connectivity index (χ1) is 10.6. The molecule has 3 rings (SSSR count). The van der Waals surface area contributed by atoms with Crippen LogP contribution in [0.1, 0.15) is 10.4 Å². The van der Waals surface area contributed by atoms with Crippen LogP contribution in [0.2, 0.25) is 0 Å². The number of carbonyl (C=O) groups is 1. The molecule has 1 N–H and O–H groups in total. The molecule has 0 aliphatic rings. The highest BCUT2D eigenvalue weighted by Crippen LogP contribution is 2.14. The van der Waals surface area contributed by atoms with Gasteiger partial charge in [0.25, 0.3) is 5.91 Å². The molecule has 2 aromatic heterocycles. The van der Waals surface area contributed by atoms with Crippen molar-refractivity contribution in [3.63, 3.8) is 0 Å². The number of hydrogen-bond acceptors (Lipinski definition) is 3. The van der Waals surface area contributed by atoms with Crippen molar-refractivity contribution in [2.24, 2.45) is 7.05 Å². The molecule has 0 saturated heterocycles. The highest BCUT2D eigenvalue weighted by molar-refractivity contribution is 6.04. The first kappa shape index (κ1) is 13.8. The first-order valence-electron chi connectivity index (χ1n) is 6.71. The summed E-state index contributed by atoms with van der Waals surface area (Å²) in [5, 5.41) is 6.96. The maximum Gasteiger partial charge on any atom is 0.257 e. The van der Waals surface area contributed by atoms with Gasteiger partial charge in [0.1, 0.15) is 0 Å². The summed E-state index contributed by atoms with van der Waals surface area (Å²) in [6.45, 7) is 0. The number of aryl methyl sites for hydroxylation is 1. The summed E-state index contributed by atoms with van der Waals surface area (Å²) in [6, 6.07) is 12.1. The van der Waals surface area contributed by atoms with Crippen LogP contribution in [0.4, 0.5) is 5.69 Å². The predicted molar refractivity (Wildman–Crippen MR) is 83.2 cm³/mol. The van der Waals surface area contributed by atoms with Gasteiger partial charge < -0.3 is 9.88 Å². The molecule has 22 heavy (non-hydrogen) atoms. The Morgan fingerprint density at radius 2 is 2.05 bits per heavy atom. The maximum absolute atomic E-state index is 12.2. The summed E-state index contributed by atoms with van der Waals surface area (Å²) >= 11 is 0. The van der Waals surface area contributed by atoms with E-state index in [0.717, 1.165) is 5.69 Å². The fourth-order valence-corrected chi connectivity index (χ4v) is 2.08. The summed E-state index contributed by atoms with van der Waals surface area (Å²) in [5.41, 5.74) is 1.78. The number of nitrogens with one attached hydrogen (secondary N) is 1. The summed E-state index contributed by atoms with van der Waals surface area (Å²) in [6.07, 6.45) is 5.03. The Kier molecular flexibility index (Phi) is 3.57. The number of anilines is 1. The van der Waals surface area contributed by atoms with E-state index in [1.54, 1.807) is 24.0 Å². The lowest BCUT2D eigenvalue weighted by atomic mass is 10.2. The molecule has 110 valence electrons. The van der Waals surface area contributed by atoms with Gasteiger partial charge in [0.15, 0.2) is 0 Å². The Morgan fingerprint density at radius 3 is 2.77 bits per heavy atom. The van der Waals surface area contributed by atoms with E-state index < -0.39 is 0 Å². The van der Waals surface area contributed by atoms with Crippen molar-refractivity contribution in [2.75, 3.05) is 5.32 Å².